The SMILES string of the molecule is Cc1cc(Cl)ccc1C1CC(O)CCO1. The van der Waals surface area contributed by atoms with Crippen LogP contribution in [0.4, 0.5) is 0 Å². The second-order valence-corrected chi connectivity index (χ2v) is 4.47. The molecule has 0 amide bonds. The third-order valence-electron chi connectivity index (χ3n) is 2.83. The van der Waals surface area contributed by atoms with Crippen molar-refractivity contribution >= 4 is 11.6 Å². The molecule has 2 atom stereocenters. The van der Waals surface area contributed by atoms with Crippen molar-refractivity contribution in [2.75, 3.05) is 6.61 Å². The van der Waals surface area contributed by atoms with Crippen LogP contribution >= 0.6 is 11.6 Å². The number of aliphatic hydroxyl groups is 1. The molecule has 1 saturated heterocycles. The van der Waals surface area contributed by atoms with Gasteiger partial charge in [0.15, 0.2) is 0 Å². The summed E-state index contributed by atoms with van der Waals surface area (Å²) in [6, 6.07) is 5.79. The highest BCUT2D eigenvalue weighted by Gasteiger charge is 2.23. The number of rotatable bonds is 1. The number of benzene rings is 1. The Bertz CT molecular complexity index is 351. The van der Waals surface area contributed by atoms with E-state index >= 15 is 0 Å². The van der Waals surface area contributed by atoms with Gasteiger partial charge in [0.25, 0.3) is 0 Å². The molecule has 15 heavy (non-hydrogen) atoms. The molecule has 1 aliphatic rings. The van der Waals surface area contributed by atoms with E-state index < -0.39 is 0 Å². The first-order valence-electron chi connectivity index (χ1n) is 5.22. The number of hydrogen-bond donors (Lipinski definition) is 1. The lowest BCUT2D eigenvalue weighted by molar-refractivity contribution is -0.0450. The van der Waals surface area contributed by atoms with Gasteiger partial charge >= 0.3 is 0 Å². The van der Waals surface area contributed by atoms with Gasteiger partial charge in [-0.1, -0.05) is 17.7 Å². The molecule has 0 radical (unpaired) electrons. The summed E-state index contributed by atoms with van der Waals surface area (Å²) in [4.78, 5) is 0. The van der Waals surface area contributed by atoms with Crippen LogP contribution < -0.4 is 0 Å². The van der Waals surface area contributed by atoms with Crippen molar-refractivity contribution in [1.29, 1.82) is 0 Å². The van der Waals surface area contributed by atoms with Crippen molar-refractivity contribution < 1.29 is 9.84 Å². The molecule has 1 aliphatic heterocycles. The molecule has 2 rings (SSSR count). The van der Waals surface area contributed by atoms with E-state index in [-0.39, 0.29) is 12.2 Å². The molecule has 82 valence electrons. The Morgan fingerprint density at radius 3 is 2.93 bits per heavy atom. The summed E-state index contributed by atoms with van der Waals surface area (Å²) < 4.78 is 5.65. The average molecular weight is 227 g/mol. The standard InChI is InChI=1S/C12H15ClO2/c1-8-6-9(13)2-3-11(8)12-7-10(14)4-5-15-12/h2-3,6,10,12,14H,4-5,7H2,1H3. The van der Waals surface area contributed by atoms with Crippen LogP contribution in [-0.2, 0) is 4.74 Å². The van der Waals surface area contributed by atoms with Crippen molar-refractivity contribution in [3.63, 3.8) is 0 Å². The Labute approximate surface area is 94.8 Å². The number of halogens is 1. The Morgan fingerprint density at radius 2 is 2.27 bits per heavy atom. The molecule has 0 saturated carbocycles. The van der Waals surface area contributed by atoms with E-state index in [4.69, 9.17) is 16.3 Å². The van der Waals surface area contributed by atoms with Crippen molar-refractivity contribution in [3.05, 3.63) is 34.3 Å². The van der Waals surface area contributed by atoms with Gasteiger partial charge in [0.1, 0.15) is 0 Å². The summed E-state index contributed by atoms with van der Waals surface area (Å²) in [5.74, 6) is 0. The zero-order valence-corrected chi connectivity index (χ0v) is 9.50. The molecule has 0 aliphatic carbocycles. The summed E-state index contributed by atoms with van der Waals surface area (Å²) in [6.07, 6.45) is 1.20. The third kappa shape index (κ3) is 2.51. The van der Waals surface area contributed by atoms with Crippen LogP contribution in [-0.4, -0.2) is 17.8 Å². The zero-order chi connectivity index (χ0) is 10.8. The van der Waals surface area contributed by atoms with Crippen LogP contribution in [0.25, 0.3) is 0 Å². The Hall–Kier alpha value is -0.570. The first-order valence-corrected chi connectivity index (χ1v) is 5.60. The Morgan fingerprint density at radius 1 is 1.47 bits per heavy atom. The van der Waals surface area contributed by atoms with Crippen LogP contribution in [0, 0.1) is 6.92 Å². The summed E-state index contributed by atoms with van der Waals surface area (Å²) in [7, 11) is 0. The van der Waals surface area contributed by atoms with Gasteiger partial charge in [-0.3, -0.25) is 0 Å². The highest BCUT2D eigenvalue weighted by atomic mass is 35.5. The molecule has 1 aromatic carbocycles. The summed E-state index contributed by atoms with van der Waals surface area (Å²) in [5, 5.41) is 10.3. The van der Waals surface area contributed by atoms with E-state index in [2.05, 4.69) is 0 Å². The first-order chi connectivity index (χ1) is 7.16. The molecule has 0 bridgehead atoms. The molecule has 1 N–H and O–H groups in total. The fourth-order valence-electron chi connectivity index (χ4n) is 2.00. The minimum atomic E-state index is -0.237. The van der Waals surface area contributed by atoms with E-state index in [0.29, 0.717) is 13.0 Å². The number of ether oxygens (including phenoxy) is 1. The van der Waals surface area contributed by atoms with Crippen LogP contribution in [0.5, 0.6) is 0 Å². The summed E-state index contributed by atoms with van der Waals surface area (Å²) in [5.41, 5.74) is 2.26. The van der Waals surface area contributed by atoms with E-state index in [1.165, 1.54) is 0 Å². The second-order valence-electron chi connectivity index (χ2n) is 4.04. The highest BCUT2D eigenvalue weighted by molar-refractivity contribution is 6.30. The molecule has 0 spiro atoms. The van der Waals surface area contributed by atoms with Gasteiger partial charge in [0.05, 0.1) is 12.2 Å². The van der Waals surface area contributed by atoms with Gasteiger partial charge in [-0.05, 0) is 36.6 Å². The van der Waals surface area contributed by atoms with Crippen LogP contribution in [0.3, 0.4) is 0 Å². The van der Waals surface area contributed by atoms with E-state index in [9.17, 15) is 5.11 Å². The smallest absolute Gasteiger partial charge is 0.0852 e. The van der Waals surface area contributed by atoms with E-state index in [1.54, 1.807) is 0 Å². The average Bonchev–Trinajstić information content (AvgIpc) is 2.17. The lowest BCUT2D eigenvalue weighted by Gasteiger charge is -2.27. The van der Waals surface area contributed by atoms with Crippen LogP contribution in [0.2, 0.25) is 5.02 Å². The molecule has 1 aromatic rings. The number of hydrogen-bond acceptors (Lipinski definition) is 2. The van der Waals surface area contributed by atoms with Crippen molar-refractivity contribution in [3.8, 4) is 0 Å². The molecule has 2 nitrogen and oxygen atoms in total. The second kappa shape index (κ2) is 4.52. The largest absolute Gasteiger partial charge is 0.393 e. The van der Waals surface area contributed by atoms with Crippen LogP contribution in [0.1, 0.15) is 30.1 Å². The van der Waals surface area contributed by atoms with Gasteiger partial charge in [-0.25, -0.2) is 0 Å². The molecular formula is C12H15ClO2. The predicted octanol–water partition coefficient (Wildman–Crippen LogP) is 2.86. The van der Waals surface area contributed by atoms with Crippen molar-refractivity contribution in [2.45, 2.75) is 32.0 Å². The molecule has 2 unspecified atom stereocenters. The summed E-state index contributed by atoms with van der Waals surface area (Å²) in [6.45, 7) is 2.65. The third-order valence-corrected chi connectivity index (χ3v) is 3.07. The fourth-order valence-corrected chi connectivity index (χ4v) is 2.22. The molecular weight excluding hydrogens is 212 g/mol. The number of aryl methyl sites for hydroxylation is 1. The Balaban J connectivity index is 2.21. The van der Waals surface area contributed by atoms with E-state index in [0.717, 1.165) is 22.6 Å². The highest BCUT2D eigenvalue weighted by Crippen LogP contribution is 2.31. The van der Waals surface area contributed by atoms with Crippen molar-refractivity contribution in [2.24, 2.45) is 0 Å². The molecule has 1 fully saturated rings. The summed E-state index contributed by atoms with van der Waals surface area (Å²) >= 11 is 5.89. The lowest BCUT2D eigenvalue weighted by atomic mass is 9.96. The number of aliphatic hydroxyl groups excluding tert-OH is 1. The molecule has 0 aromatic heterocycles. The first kappa shape index (κ1) is 10.9. The maximum absolute atomic E-state index is 9.58. The topological polar surface area (TPSA) is 29.5 Å². The van der Waals surface area contributed by atoms with Gasteiger partial charge in [0.2, 0.25) is 0 Å². The van der Waals surface area contributed by atoms with Gasteiger partial charge in [0, 0.05) is 18.1 Å². The van der Waals surface area contributed by atoms with E-state index in [1.807, 2.05) is 25.1 Å². The maximum Gasteiger partial charge on any atom is 0.0852 e. The van der Waals surface area contributed by atoms with Gasteiger partial charge in [-0.15, -0.1) is 0 Å². The quantitative estimate of drug-likeness (QED) is 0.798. The predicted molar refractivity (Wildman–Crippen MR) is 60.1 cm³/mol. The van der Waals surface area contributed by atoms with Gasteiger partial charge < -0.3 is 9.84 Å². The van der Waals surface area contributed by atoms with Crippen LogP contribution in [0.15, 0.2) is 18.2 Å². The minimum Gasteiger partial charge on any atom is -0.393 e. The zero-order valence-electron chi connectivity index (χ0n) is 8.74. The van der Waals surface area contributed by atoms with Crippen molar-refractivity contribution in [1.82, 2.24) is 0 Å². The normalized spacial score (nSPS) is 26.6. The fraction of sp³-hybridized carbons (Fsp3) is 0.500. The monoisotopic (exact) mass is 226 g/mol. The lowest BCUT2D eigenvalue weighted by Crippen LogP contribution is -2.23. The van der Waals surface area contributed by atoms with Gasteiger partial charge in [-0.2, -0.15) is 0 Å². The molecule has 1 heterocycles. The maximum atomic E-state index is 9.58. The molecule has 3 heteroatoms. The Kier molecular flexibility index (Phi) is 3.29. The minimum absolute atomic E-state index is 0.0195.